The minimum atomic E-state index is -0.667. The molecule has 3 heteroatoms. The number of aliphatic carboxylic acids is 1. The molecule has 1 N–H and O–H groups in total. The van der Waals surface area contributed by atoms with Gasteiger partial charge >= 0.3 is 5.97 Å². The third kappa shape index (κ3) is 2.83. The van der Waals surface area contributed by atoms with E-state index in [1.54, 1.807) is 0 Å². The van der Waals surface area contributed by atoms with Crippen LogP contribution in [-0.4, -0.2) is 17.7 Å². The van der Waals surface area contributed by atoms with Crippen molar-refractivity contribution in [3.8, 4) is 0 Å². The van der Waals surface area contributed by atoms with Gasteiger partial charge in [-0.15, -0.1) is 0 Å². The van der Waals surface area contributed by atoms with Gasteiger partial charge in [-0.25, -0.2) is 0 Å². The highest BCUT2D eigenvalue weighted by atomic mass is 16.5. The third-order valence-electron chi connectivity index (χ3n) is 3.05. The van der Waals surface area contributed by atoms with Crippen LogP contribution in [0.1, 0.15) is 18.4 Å². The predicted molar refractivity (Wildman–Crippen MR) is 59.9 cm³/mol. The first-order valence-electron chi connectivity index (χ1n) is 5.60. The molecular weight excluding hydrogens is 204 g/mol. The highest BCUT2D eigenvalue weighted by molar-refractivity contribution is 5.71. The molecule has 1 aromatic carbocycles. The molecule has 0 radical (unpaired) electrons. The molecule has 1 aromatic rings. The van der Waals surface area contributed by atoms with E-state index in [9.17, 15) is 4.79 Å². The van der Waals surface area contributed by atoms with Gasteiger partial charge in [-0.2, -0.15) is 0 Å². The van der Waals surface area contributed by atoms with Gasteiger partial charge in [0.2, 0.25) is 0 Å². The van der Waals surface area contributed by atoms with Gasteiger partial charge in [0.15, 0.2) is 0 Å². The molecule has 0 aromatic heterocycles. The Labute approximate surface area is 95.0 Å². The first-order chi connectivity index (χ1) is 7.75. The summed E-state index contributed by atoms with van der Waals surface area (Å²) >= 11 is 0. The number of carboxylic acid groups (broad SMARTS) is 1. The second kappa shape index (κ2) is 5.12. The Bertz CT molecular complexity index is 341. The summed E-state index contributed by atoms with van der Waals surface area (Å²) in [6.45, 7) is 1.30. The number of carbonyl (C=O) groups is 1. The van der Waals surface area contributed by atoms with E-state index in [2.05, 4.69) is 0 Å². The second-order valence-corrected chi connectivity index (χ2v) is 4.37. The average molecular weight is 220 g/mol. The maximum atomic E-state index is 10.6. The van der Waals surface area contributed by atoms with Gasteiger partial charge in [0.1, 0.15) is 0 Å². The third-order valence-corrected chi connectivity index (χ3v) is 3.05. The first-order valence-corrected chi connectivity index (χ1v) is 5.60. The zero-order chi connectivity index (χ0) is 11.4. The van der Waals surface area contributed by atoms with Gasteiger partial charge in [0.25, 0.3) is 0 Å². The molecule has 0 bridgehead atoms. The normalized spacial score (nSPS) is 23.8. The Kier molecular flexibility index (Phi) is 3.57. The zero-order valence-electron chi connectivity index (χ0n) is 9.13. The standard InChI is InChI=1S/C13H16O3/c14-13(15)12-6-11(7-12)9-16-8-10-4-2-1-3-5-10/h1-5,11-12H,6-9H2,(H,14,15). The van der Waals surface area contributed by atoms with E-state index < -0.39 is 5.97 Å². The molecule has 0 heterocycles. The summed E-state index contributed by atoms with van der Waals surface area (Å²) in [5.74, 6) is -0.366. The molecule has 1 aliphatic rings. The molecule has 0 aliphatic heterocycles. The Morgan fingerprint density at radius 2 is 2.00 bits per heavy atom. The maximum Gasteiger partial charge on any atom is 0.306 e. The molecule has 1 saturated carbocycles. The smallest absolute Gasteiger partial charge is 0.306 e. The Balaban J connectivity index is 1.62. The number of ether oxygens (including phenoxy) is 1. The largest absolute Gasteiger partial charge is 0.481 e. The summed E-state index contributed by atoms with van der Waals surface area (Å²) in [5.41, 5.74) is 1.16. The highest BCUT2D eigenvalue weighted by Gasteiger charge is 2.34. The predicted octanol–water partition coefficient (Wildman–Crippen LogP) is 2.31. The molecule has 1 fully saturated rings. The van der Waals surface area contributed by atoms with Crippen molar-refractivity contribution in [2.75, 3.05) is 6.61 Å². The lowest BCUT2D eigenvalue weighted by Gasteiger charge is -2.31. The monoisotopic (exact) mass is 220 g/mol. The van der Waals surface area contributed by atoms with E-state index >= 15 is 0 Å². The number of rotatable bonds is 5. The van der Waals surface area contributed by atoms with E-state index in [4.69, 9.17) is 9.84 Å². The number of hydrogen-bond acceptors (Lipinski definition) is 2. The molecule has 2 rings (SSSR count). The lowest BCUT2D eigenvalue weighted by atomic mass is 9.75. The van der Waals surface area contributed by atoms with Crippen molar-refractivity contribution in [2.24, 2.45) is 11.8 Å². The summed E-state index contributed by atoms with van der Waals surface area (Å²) in [6.07, 6.45) is 1.54. The zero-order valence-corrected chi connectivity index (χ0v) is 9.13. The van der Waals surface area contributed by atoms with E-state index in [-0.39, 0.29) is 5.92 Å². The van der Waals surface area contributed by atoms with Crippen LogP contribution in [0.4, 0.5) is 0 Å². The van der Waals surface area contributed by atoms with Crippen molar-refractivity contribution in [3.05, 3.63) is 35.9 Å². The Morgan fingerprint density at radius 1 is 1.31 bits per heavy atom. The van der Waals surface area contributed by atoms with Crippen molar-refractivity contribution in [2.45, 2.75) is 19.4 Å². The van der Waals surface area contributed by atoms with Crippen LogP contribution < -0.4 is 0 Å². The molecule has 1 aliphatic carbocycles. The molecule has 86 valence electrons. The van der Waals surface area contributed by atoms with Crippen molar-refractivity contribution in [1.82, 2.24) is 0 Å². The molecule has 0 unspecified atom stereocenters. The average Bonchev–Trinajstić information content (AvgIpc) is 2.22. The topological polar surface area (TPSA) is 46.5 Å². The fraction of sp³-hybridized carbons (Fsp3) is 0.462. The van der Waals surface area contributed by atoms with Gasteiger partial charge in [-0.1, -0.05) is 30.3 Å². The van der Waals surface area contributed by atoms with Crippen LogP contribution in [0.25, 0.3) is 0 Å². The minimum Gasteiger partial charge on any atom is -0.481 e. The fourth-order valence-corrected chi connectivity index (χ4v) is 1.99. The molecule has 16 heavy (non-hydrogen) atoms. The molecule has 0 saturated heterocycles. The van der Waals surface area contributed by atoms with Crippen molar-refractivity contribution >= 4 is 5.97 Å². The van der Waals surface area contributed by atoms with E-state index in [0.29, 0.717) is 19.1 Å². The fourth-order valence-electron chi connectivity index (χ4n) is 1.99. The number of hydrogen-bond donors (Lipinski definition) is 1. The quantitative estimate of drug-likeness (QED) is 0.828. The van der Waals surface area contributed by atoms with Crippen molar-refractivity contribution < 1.29 is 14.6 Å². The summed E-state index contributed by atoms with van der Waals surface area (Å²) in [5, 5.41) is 8.71. The lowest BCUT2D eigenvalue weighted by Crippen LogP contribution is -2.32. The number of benzene rings is 1. The van der Waals surface area contributed by atoms with Crippen LogP contribution in [0, 0.1) is 11.8 Å². The lowest BCUT2D eigenvalue weighted by molar-refractivity contribution is -0.147. The molecular formula is C13H16O3. The van der Waals surface area contributed by atoms with Crippen LogP contribution >= 0.6 is 0 Å². The van der Waals surface area contributed by atoms with Gasteiger partial charge in [-0.05, 0) is 24.3 Å². The number of carboxylic acids is 1. The van der Waals surface area contributed by atoms with Crippen molar-refractivity contribution in [1.29, 1.82) is 0 Å². The van der Waals surface area contributed by atoms with Crippen molar-refractivity contribution in [3.63, 3.8) is 0 Å². The summed E-state index contributed by atoms with van der Waals surface area (Å²) in [7, 11) is 0. The van der Waals surface area contributed by atoms with Gasteiger partial charge < -0.3 is 9.84 Å². The van der Waals surface area contributed by atoms with Crippen LogP contribution in [0.15, 0.2) is 30.3 Å². The molecule has 0 spiro atoms. The molecule has 3 nitrogen and oxygen atoms in total. The van der Waals surface area contributed by atoms with Crippen LogP contribution in [-0.2, 0) is 16.1 Å². The van der Waals surface area contributed by atoms with Gasteiger partial charge in [0.05, 0.1) is 12.5 Å². The van der Waals surface area contributed by atoms with E-state index in [1.807, 2.05) is 30.3 Å². The summed E-state index contributed by atoms with van der Waals surface area (Å²) in [6, 6.07) is 10.0. The van der Waals surface area contributed by atoms with Gasteiger partial charge in [-0.3, -0.25) is 4.79 Å². The summed E-state index contributed by atoms with van der Waals surface area (Å²) < 4.78 is 5.56. The first kappa shape index (κ1) is 11.1. The van der Waals surface area contributed by atoms with Gasteiger partial charge in [0, 0.05) is 6.61 Å². The van der Waals surface area contributed by atoms with E-state index in [0.717, 1.165) is 18.4 Å². The maximum absolute atomic E-state index is 10.6. The second-order valence-electron chi connectivity index (χ2n) is 4.37. The van der Waals surface area contributed by atoms with Crippen LogP contribution in [0.3, 0.4) is 0 Å². The SMILES string of the molecule is O=C(O)C1CC(COCc2ccccc2)C1. The molecule has 0 atom stereocenters. The van der Waals surface area contributed by atoms with Crippen LogP contribution in [0.5, 0.6) is 0 Å². The Hall–Kier alpha value is -1.35. The Morgan fingerprint density at radius 3 is 2.62 bits per heavy atom. The summed E-state index contributed by atoms with van der Waals surface area (Å²) in [4.78, 5) is 10.6. The van der Waals surface area contributed by atoms with Crippen LogP contribution in [0.2, 0.25) is 0 Å². The van der Waals surface area contributed by atoms with E-state index in [1.165, 1.54) is 0 Å². The minimum absolute atomic E-state index is 0.134. The highest BCUT2D eigenvalue weighted by Crippen LogP contribution is 2.33. The molecule has 0 amide bonds.